The molecule has 0 radical (unpaired) electrons. The second kappa shape index (κ2) is 8.39. The molecule has 8 heteroatoms. The van der Waals surface area contributed by atoms with Crippen molar-refractivity contribution >= 4 is 21.7 Å². The molecule has 27 heavy (non-hydrogen) atoms. The van der Waals surface area contributed by atoms with Gasteiger partial charge in [-0.3, -0.25) is 9.10 Å². The number of rotatable bonds is 7. The first-order chi connectivity index (χ1) is 12.7. The molecule has 0 aliphatic heterocycles. The Balaban J connectivity index is 2.59. The first kappa shape index (κ1) is 20.7. The van der Waals surface area contributed by atoms with E-state index in [-0.39, 0.29) is 17.3 Å². The van der Waals surface area contributed by atoms with E-state index in [0.717, 1.165) is 15.9 Å². The third-order valence-electron chi connectivity index (χ3n) is 3.92. The standard InChI is InChI=1S/C19H22FNO5S/c1-5-26-19(22)12-21(17-10-13(2)6-7-14(17)3)27(23,24)15-8-9-18(25-4)16(20)11-15/h6-11H,5,12H2,1-4H3. The molecule has 0 fully saturated rings. The lowest BCUT2D eigenvalue weighted by Gasteiger charge is -2.25. The molecule has 0 amide bonds. The Bertz CT molecular complexity index is 943. The van der Waals surface area contributed by atoms with Gasteiger partial charge in [0.15, 0.2) is 11.6 Å². The third-order valence-corrected chi connectivity index (χ3v) is 5.68. The third kappa shape index (κ3) is 4.57. The van der Waals surface area contributed by atoms with Gasteiger partial charge in [-0.25, -0.2) is 12.8 Å². The molecule has 0 heterocycles. The Morgan fingerprint density at radius 1 is 1.15 bits per heavy atom. The number of hydrogen-bond donors (Lipinski definition) is 0. The number of carbonyl (C=O) groups is 1. The van der Waals surface area contributed by atoms with Gasteiger partial charge in [-0.15, -0.1) is 0 Å². The molecule has 2 rings (SSSR count). The average molecular weight is 395 g/mol. The summed E-state index contributed by atoms with van der Waals surface area (Å²) in [6.07, 6.45) is 0. The van der Waals surface area contributed by atoms with Gasteiger partial charge in [-0.05, 0) is 56.2 Å². The van der Waals surface area contributed by atoms with Gasteiger partial charge in [0.1, 0.15) is 6.54 Å². The molecule has 2 aromatic carbocycles. The second-order valence-electron chi connectivity index (χ2n) is 5.90. The molecule has 146 valence electrons. The van der Waals surface area contributed by atoms with Gasteiger partial charge in [0.05, 0.1) is 24.3 Å². The van der Waals surface area contributed by atoms with Crippen LogP contribution in [0.2, 0.25) is 0 Å². The molecular weight excluding hydrogens is 373 g/mol. The fourth-order valence-corrected chi connectivity index (χ4v) is 4.02. The summed E-state index contributed by atoms with van der Waals surface area (Å²) in [4.78, 5) is 11.8. The van der Waals surface area contributed by atoms with Gasteiger partial charge < -0.3 is 9.47 Å². The van der Waals surface area contributed by atoms with Crippen LogP contribution < -0.4 is 9.04 Å². The number of hydrogen-bond acceptors (Lipinski definition) is 5. The van der Waals surface area contributed by atoms with Crippen LogP contribution in [0.5, 0.6) is 5.75 Å². The number of nitrogens with zero attached hydrogens (tertiary/aromatic N) is 1. The van der Waals surface area contributed by atoms with Gasteiger partial charge in [-0.1, -0.05) is 12.1 Å². The minimum absolute atomic E-state index is 0.0716. The van der Waals surface area contributed by atoms with Crippen LogP contribution in [0.4, 0.5) is 10.1 Å². The Hall–Kier alpha value is -2.61. The number of benzene rings is 2. The molecule has 0 aromatic heterocycles. The van der Waals surface area contributed by atoms with Crippen LogP contribution in [0.3, 0.4) is 0 Å². The van der Waals surface area contributed by atoms with Crippen molar-refractivity contribution in [3.05, 3.63) is 53.3 Å². The second-order valence-corrected chi connectivity index (χ2v) is 7.77. The summed E-state index contributed by atoms with van der Waals surface area (Å²) in [7, 11) is -2.93. The molecule has 0 N–H and O–H groups in total. The molecule has 0 saturated carbocycles. The Labute approximate surface area is 158 Å². The fourth-order valence-electron chi connectivity index (χ4n) is 2.55. The van der Waals surface area contributed by atoms with E-state index in [1.807, 2.05) is 13.0 Å². The lowest BCUT2D eigenvalue weighted by Crippen LogP contribution is -2.37. The Morgan fingerprint density at radius 3 is 2.44 bits per heavy atom. The number of ether oxygens (including phenoxy) is 2. The van der Waals surface area contributed by atoms with Crippen molar-refractivity contribution in [1.29, 1.82) is 0 Å². The summed E-state index contributed by atoms with van der Waals surface area (Å²) in [5, 5.41) is 0. The van der Waals surface area contributed by atoms with Crippen LogP contribution in [0.15, 0.2) is 41.3 Å². The summed E-state index contributed by atoms with van der Waals surface area (Å²) in [5.74, 6) is -1.58. The monoisotopic (exact) mass is 395 g/mol. The van der Waals surface area contributed by atoms with Crippen LogP contribution in [0, 0.1) is 19.7 Å². The van der Waals surface area contributed by atoms with Crippen LogP contribution in [-0.4, -0.2) is 34.6 Å². The summed E-state index contributed by atoms with van der Waals surface area (Å²) in [6, 6.07) is 8.59. The molecule has 0 unspecified atom stereocenters. The van der Waals surface area contributed by atoms with E-state index in [2.05, 4.69) is 0 Å². The van der Waals surface area contributed by atoms with Crippen molar-refractivity contribution < 1.29 is 27.1 Å². The van der Waals surface area contributed by atoms with Crippen LogP contribution >= 0.6 is 0 Å². The molecule has 0 aliphatic carbocycles. The molecule has 0 saturated heterocycles. The molecule has 0 bridgehead atoms. The van der Waals surface area contributed by atoms with Crippen molar-refractivity contribution in [2.45, 2.75) is 25.7 Å². The summed E-state index contributed by atoms with van der Waals surface area (Å²) < 4.78 is 51.2. The average Bonchev–Trinajstić information content (AvgIpc) is 2.62. The van der Waals surface area contributed by atoms with Gasteiger partial charge in [0.2, 0.25) is 0 Å². The SMILES string of the molecule is CCOC(=O)CN(c1cc(C)ccc1C)S(=O)(=O)c1ccc(OC)c(F)c1. The number of anilines is 1. The highest BCUT2D eigenvalue weighted by molar-refractivity contribution is 7.92. The maximum atomic E-state index is 14.1. The molecule has 2 aromatic rings. The predicted octanol–water partition coefficient (Wildman–Crippen LogP) is 3.21. The number of esters is 1. The zero-order valence-electron chi connectivity index (χ0n) is 15.7. The lowest BCUT2D eigenvalue weighted by atomic mass is 10.1. The summed E-state index contributed by atoms with van der Waals surface area (Å²) in [6.45, 7) is 4.78. The van der Waals surface area contributed by atoms with Gasteiger partial charge in [0, 0.05) is 0 Å². The smallest absolute Gasteiger partial charge is 0.326 e. The van der Waals surface area contributed by atoms with E-state index in [4.69, 9.17) is 9.47 Å². The summed E-state index contributed by atoms with van der Waals surface area (Å²) >= 11 is 0. The lowest BCUT2D eigenvalue weighted by molar-refractivity contribution is -0.141. The van der Waals surface area contributed by atoms with Crippen molar-refractivity contribution in [2.75, 3.05) is 24.6 Å². The number of halogens is 1. The summed E-state index contributed by atoms with van der Waals surface area (Å²) in [5.41, 5.74) is 1.81. The molecule has 0 aliphatic rings. The number of aryl methyl sites for hydroxylation is 2. The van der Waals surface area contributed by atoms with E-state index in [1.54, 1.807) is 26.0 Å². The van der Waals surface area contributed by atoms with Crippen molar-refractivity contribution in [2.24, 2.45) is 0 Å². The zero-order valence-corrected chi connectivity index (χ0v) is 16.5. The van der Waals surface area contributed by atoms with E-state index in [1.165, 1.54) is 19.2 Å². The molecular formula is C19H22FNO5S. The van der Waals surface area contributed by atoms with E-state index >= 15 is 0 Å². The van der Waals surface area contributed by atoms with E-state index < -0.39 is 28.4 Å². The molecule has 6 nitrogen and oxygen atoms in total. The van der Waals surface area contributed by atoms with Gasteiger partial charge >= 0.3 is 5.97 Å². The Morgan fingerprint density at radius 2 is 1.85 bits per heavy atom. The highest BCUT2D eigenvalue weighted by atomic mass is 32.2. The van der Waals surface area contributed by atoms with Crippen LogP contribution in [0.25, 0.3) is 0 Å². The molecule has 0 spiro atoms. The van der Waals surface area contributed by atoms with Gasteiger partial charge in [-0.2, -0.15) is 0 Å². The highest BCUT2D eigenvalue weighted by Crippen LogP contribution is 2.29. The predicted molar refractivity (Wildman–Crippen MR) is 100 cm³/mol. The first-order valence-electron chi connectivity index (χ1n) is 8.29. The van der Waals surface area contributed by atoms with E-state index in [0.29, 0.717) is 11.3 Å². The topological polar surface area (TPSA) is 72.9 Å². The minimum Gasteiger partial charge on any atom is -0.494 e. The minimum atomic E-state index is -4.22. The van der Waals surface area contributed by atoms with Gasteiger partial charge in [0.25, 0.3) is 10.0 Å². The highest BCUT2D eigenvalue weighted by Gasteiger charge is 2.29. The van der Waals surface area contributed by atoms with Crippen LogP contribution in [0.1, 0.15) is 18.1 Å². The maximum absolute atomic E-state index is 14.1. The Kier molecular flexibility index (Phi) is 6.43. The first-order valence-corrected chi connectivity index (χ1v) is 9.73. The van der Waals surface area contributed by atoms with Crippen molar-refractivity contribution in [1.82, 2.24) is 0 Å². The number of carbonyl (C=O) groups excluding carboxylic acids is 1. The number of sulfonamides is 1. The normalized spacial score (nSPS) is 11.1. The van der Waals surface area contributed by atoms with Crippen LogP contribution in [-0.2, 0) is 19.6 Å². The van der Waals surface area contributed by atoms with E-state index in [9.17, 15) is 17.6 Å². The maximum Gasteiger partial charge on any atom is 0.326 e. The largest absolute Gasteiger partial charge is 0.494 e. The fraction of sp³-hybridized carbons (Fsp3) is 0.316. The molecule has 0 atom stereocenters. The van der Waals surface area contributed by atoms with Crippen molar-refractivity contribution in [3.8, 4) is 5.75 Å². The zero-order chi connectivity index (χ0) is 20.2. The quantitative estimate of drug-likeness (QED) is 0.673. The number of methoxy groups -OCH3 is 1. The van der Waals surface area contributed by atoms with Crippen molar-refractivity contribution in [3.63, 3.8) is 0 Å².